The van der Waals surface area contributed by atoms with Gasteiger partial charge in [-0.3, -0.25) is 4.79 Å². The summed E-state index contributed by atoms with van der Waals surface area (Å²) in [6.45, 7) is 1.20. The molecule has 1 fully saturated rings. The summed E-state index contributed by atoms with van der Waals surface area (Å²) in [6.07, 6.45) is 5.68. The highest BCUT2D eigenvalue weighted by Crippen LogP contribution is 2.28. The van der Waals surface area contributed by atoms with E-state index in [2.05, 4.69) is 41.9 Å². The Morgan fingerprint density at radius 2 is 2.00 bits per heavy atom. The number of nitriles is 1. The van der Waals surface area contributed by atoms with Gasteiger partial charge in [0.2, 0.25) is 0 Å². The number of amides is 1. The van der Waals surface area contributed by atoms with Gasteiger partial charge in [-0.25, -0.2) is 0 Å². The van der Waals surface area contributed by atoms with Crippen molar-refractivity contribution in [1.82, 2.24) is 5.32 Å². The SMILES string of the molecule is CSc1ccc(C[NH+](C)CC(=O)NC2(C#N)CCCC2)cc1. The van der Waals surface area contributed by atoms with Gasteiger partial charge in [0.1, 0.15) is 12.1 Å². The number of thioether (sulfide) groups is 1. The Morgan fingerprint density at radius 1 is 1.36 bits per heavy atom. The normalized spacial score (nSPS) is 17.7. The Hall–Kier alpha value is -1.51. The molecule has 0 saturated heterocycles. The Bertz CT molecular complexity index is 544. The monoisotopic (exact) mass is 318 g/mol. The van der Waals surface area contributed by atoms with Crippen LogP contribution < -0.4 is 10.2 Å². The predicted molar refractivity (Wildman–Crippen MR) is 88.6 cm³/mol. The third-order valence-electron chi connectivity index (χ3n) is 4.18. The summed E-state index contributed by atoms with van der Waals surface area (Å²) >= 11 is 1.73. The molecule has 0 spiro atoms. The molecular weight excluding hydrogens is 294 g/mol. The number of carbonyl (C=O) groups excluding carboxylic acids is 1. The van der Waals surface area contributed by atoms with Crippen LogP contribution in [-0.2, 0) is 11.3 Å². The van der Waals surface area contributed by atoms with Gasteiger partial charge in [-0.05, 0) is 44.1 Å². The van der Waals surface area contributed by atoms with Crippen molar-refractivity contribution in [2.75, 3.05) is 19.8 Å². The molecule has 1 saturated carbocycles. The zero-order chi connectivity index (χ0) is 16.0. The maximum absolute atomic E-state index is 12.2. The smallest absolute Gasteiger partial charge is 0.276 e. The maximum Gasteiger partial charge on any atom is 0.276 e. The van der Waals surface area contributed by atoms with Gasteiger partial charge in [0.25, 0.3) is 5.91 Å². The van der Waals surface area contributed by atoms with E-state index in [1.165, 1.54) is 10.5 Å². The van der Waals surface area contributed by atoms with E-state index in [1.807, 2.05) is 7.05 Å². The van der Waals surface area contributed by atoms with Crippen molar-refractivity contribution in [2.45, 2.75) is 42.7 Å². The van der Waals surface area contributed by atoms with Crippen LogP contribution in [0.25, 0.3) is 0 Å². The molecule has 0 bridgehead atoms. The lowest BCUT2D eigenvalue weighted by atomic mass is 10.00. The van der Waals surface area contributed by atoms with Gasteiger partial charge in [-0.2, -0.15) is 5.26 Å². The van der Waals surface area contributed by atoms with Crippen molar-refractivity contribution in [1.29, 1.82) is 5.26 Å². The molecule has 2 rings (SSSR count). The lowest BCUT2D eigenvalue weighted by Gasteiger charge is -2.23. The predicted octanol–water partition coefficient (Wildman–Crippen LogP) is 1.38. The summed E-state index contributed by atoms with van der Waals surface area (Å²) < 4.78 is 0. The van der Waals surface area contributed by atoms with E-state index in [0.717, 1.165) is 37.1 Å². The van der Waals surface area contributed by atoms with E-state index in [9.17, 15) is 10.1 Å². The number of carbonyl (C=O) groups is 1. The lowest BCUT2D eigenvalue weighted by Crippen LogP contribution is -3.09. The van der Waals surface area contributed by atoms with E-state index in [-0.39, 0.29) is 5.91 Å². The third kappa shape index (κ3) is 4.49. The number of benzene rings is 1. The molecule has 4 nitrogen and oxygen atoms in total. The van der Waals surface area contributed by atoms with Crippen LogP contribution in [0.15, 0.2) is 29.2 Å². The Morgan fingerprint density at radius 3 is 2.55 bits per heavy atom. The highest BCUT2D eigenvalue weighted by Gasteiger charge is 2.35. The standard InChI is InChI=1S/C17H23N3OS/c1-20(11-14-5-7-15(22-2)8-6-14)12-16(21)19-17(13-18)9-3-4-10-17/h5-8H,3-4,9-12H2,1-2H3,(H,19,21)/p+1. The largest absolute Gasteiger partial charge is 0.333 e. The van der Waals surface area contributed by atoms with Gasteiger partial charge >= 0.3 is 0 Å². The van der Waals surface area contributed by atoms with Crippen LogP contribution in [0.4, 0.5) is 0 Å². The third-order valence-corrected chi connectivity index (χ3v) is 4.92. The quantitative estimate of drug-likeness (QED) is 0.779. The van der Waals surface area contributed by atoms with Crippen LogP contribution in [-0.4, -0.2) is 31.3 Å². The molecule has 1 aromatic rings. The second-order valence-corrected chi connectivity index (χ2v) is 6.99. The number of likely N-dealkylation sites (N-methyl/N-ethyl adjacent to an activating group) is 1. The van der Waals surface area contributed by atoms with Crippen molar-refractivity contribution in [3.63, 3.8) is 0 Å². The van der Waals surface area contributed by atoms with Crippen LogP contribution >= 0.6 is 11.8 Å². The summed E-state index contributed by atoms with van der Waals surface area (Å²) in [5.74, 6) is -0.0262. The van der Waals surface area contributed by atoms with E-state index in [1.54, 1.807) is 11.8 Å². The summed E-state index contributed by atoms with van der Waals surface area (Å²) in [5.41, 5.74) is 0.608. The molecule has 22 heavy (non-hydrogen) atoms. The first-order valence-corrected chi connectivity index (χ1v) is 8.96. The summed E-state index contributed by atoms with van der Waals surface area (Å²) in [7, 11) is 2.01. The number of hydrogen-bond acceptors (Lipinski definition) is 3. The number of nitrogens with one attached hydrogen (secondary N) is 2. The van der Waals surface area contributed by atoms with Crippen LogP contribution in [0.1, 0.15) is 31.2 Å². The molecule has 118 valence electrons. The Labute approximate surface area is 136 Å². The van der Waals surface area contributed by atoms with Crippen molar-refractivity contribution >= 4 is 17.7 Å². The number of rotatable bonds is 6. The molecule has 1 atom stereocenters. The summed E-state index contributed by atoms with van der Waals surface area (Å²) in [5, 5.41) is 12.3. The lowest BCUT2D eigenvalue weighted by molar-refractivity contribution is -0.885. The molecule has 0 aromatic heterocycles. The first kappa shape index (κ1) is 16.9. The van der Waals surface area contributed by atoms with Crippen molar-refractivity contribution in [3.05, 3.63) is 29.8 Å². The molecule has 1 amide bonds. The van der Waals surface area contributed by atoms with E-state index < -0.39 is 5.54 Å². The fourth-order valence-electron chi connectivity index (χ4n) is 2.98. The molecule has 2 N–H and O–H groups in total. The Balaban J connectivity index is 1.84. The van der Waals surface area contributed by atoms with Gasteiger partial charge in [0.15, 0.2) is 6.54 Å². The minimum atomic E-state index is -0.614. The van der Waals surface area contributed by atoms with E-state index in [4.69, 9.17) is 0 Å². The molecule has 1 aliphatic rings. The topological polar surface area (TPSA) is 57.3 Å². The zero-order valence-electron chi connectivity index (χ0n) is 13.3. The average Bonchev–Trinajstić information content (AvgIpc) is 2.96. The van der Waals surface area contributed by atoms with Crippen molar-refractivity contribution in [3.8, 4) is 6.07 Å². The summed E-state index contributed by atoms with van der Waals surface area (Å²) in [4.78, 5) is 14.5. The van der Waals surface area contributed by atoms with Gasteiger partial charge in [0, 0.05) is 10.5 Å². The molecule has 1 unspecified atom stereocenters. The summed E-state index contributed by atoms with van der Waals surface area (Å²) in [6, 6.07) is 10.7. The van der Waals surface area contributed by atoms with E-state index >= 15 is 0 Å². The Kier molecular flexibility index (Phi) is 5.87. The highest BCUT2D eigenvalue weighted by atomic mass is 32.2. The minimum absolute atomic E-state index is 0.0262. The molecule has 0 radical (unpaired) electrons. The van der Waals surface area contributed by atoms with Crippen molar-refractivity contribution in [2.24, 2.45) is 0 Å². The van der Waals surface area contributed by atoms with E-state index in [0.29, 0.717) is 6.54 Å². The first-order chi connectivity index (χ1) is 10.6. The zero-order valence-corrected chi connectivity index (χ0v) is 14.1. The van der Waals surface area contributed by atoms with Gasteiger partial charge in [-0.15, -0.1) is 11.8 Å². The van der Waals surface area contributed by atoms with Crippen LogP contribution in [0.2, 0.25) is 0 Å². The molecule has 0 heterocycles. The number of quaternary nitrogens is 1. The molecule has 0 aliphatic heterocycles. The number of nitrogens with zero attached hydrogens (tertiary/aromatic N) is 1. The molecule has 1 aromatic carbocycles. The minimum Gasteiger partial charge on any atom is -0.333 e. The van der Waals surface area contributed by atoms with Gasteiger partial charge in [0.05, 0.1) is 13.1 Å². The highest BCUT2D eigenvalue weighted by molar-refractivity contribution is 7.98. The van der Waals surface area contributed by atoms with Crippen LogP contribution in [0, 0.1) is 11.3 Å². The first-order valence-electron chi connectivity index (χ1n) is 7.73. The number of hydrogen-bond donors (Lipinski definition) is 2. The molecular formula is C17H24N3OS+. The maximum atomic E-state index is 12.2. The van der Waals surface area contributed by atoms with Crippen molar-refractivity contribution < 1.29 is 9.69 Å². The van der Waals surface area contributed by atoms with Gasteiger partial charge in [-0.1, -0.05) is 12.1 Å². The molecule has 5 heteroatoms. The van der Waals surface area contributed by atoms with Gasteiger partial charge < -0.3 is 10.2 Å². The van der Waals surface area contributed by atoms with Crippen LogP contribution in [0.3, 0.4) is 0 Å². The molecule has 1 aliphatic carbocycles. The second-order valence-electron chi connectivity index (χ2n) is 6.11. The average molecular weight is 318 g/mol. The fourth-order valence-corrected chi connectivity index (χ4v) is 3.39. The second kappa shape index (κ2) is 7.66. The fraction of sp³-hybridized carbons (Fsp3) is 0.529. The van der Waals surface area contributed by atoms with Crippen LogP contribution in [0.5, 0.6) is 0 Å².